The Morgan fingerprint density at radius 2 is 1.60 bits per heavy atom. The standard InChI is InChI=1S/C32H24N2O/c1-5-27(33-4)21-11-13-28-24(15-21)25-16-22(20-9-7-6-8-10-20)17-26-30-29(34(28)31(25)26)14-12-23-18(2)19(3)35-32(23)30/h5-17H,1H2,2-4H3. The Kier molecular flexibility index (Phi) is 4.05. The smallest absolute Gasteiger partial charge is 0.144 e. The van der Waals surface area contributed by atoms with Crippen LogP contribution >= 0.6 is 0 Å². The van der Waals surface area contributed by atoms with E-state index < -0.39 is 0 Å². The van der Waals surface area contributed by atoms with Gasteiger partial charge >= 0.3 is 0 Å². The quantitative estimate of drug-likeness (QED) is 0.247. The number of benzene rings is 4. The van der Waals surface area contributed by atoms with Crippen LogP contribution in [0.1, 0.15) is 16.9 Å². The molecule has 0 aliphatic rings. The van der Waals surface area contributed by atoms with Gasteiger partial charge in [-0.05, 0) is 73.0 Å². The van der Waals surface area contributed by atoms with Gasteiger partial charge in [0.05, 0.1) is 27.6 Å². The van der Waals surface area contributed by atoms with Crippen molar-refractivity contribution in [1.29, 1.82) is 0 Å². The first-order valence-electron chi connectivity index (χ1n) is 11.9. The molecule has 0 bridgehead atoms. The molecule has 168 valence electrons. The number of nitrogens with zero attached hydrogens (tertiary/aromatic N) is 2. The molecule has 0 amide bonds. The molecule has 0 saturated carbocycles. The highest BCUT2D eigenvalue weighted by Crippen LogP contribution is 2.45. The van der Waals surface area contributed by atoms with Crippen molar-refractivity contribution in [3.05, 3.63) is 102 Å². The van der Waals surface area contributed by atoms with Gasteiger partial charge < -0.3 is 8.82 Å². The van der Waals surface area contributed by atoms with E-state index in [0.717, 1.165) is 22.6 Å². The average Bonchev–Trinajstić information content (AvgIpc) is 3.50. The summed E-state index contributed by atoms with van der Waals surface area (Å²) in [5.41, 5.74) is 10.2. The van der Waals surface area contributed by atoms with Crippen LogP contribution in [0.2, 0.25) is 0 Å². The fourth-order valence-electron chi connectivity index (χ4n) is 5.72. The van der Waals surface area contributed by atoms with E-state index in [1.165, 1.54) is 60.2 Å². The van der Waals surface area contributed by atoms with Crippen LogP contribution in [-0.2, 0) is 0 Å². The minimum atomic E-state index is 0.896. The molecule has 0 atom stereocenters. The van der Waals surface area contributed by atoms with Crippen LogP contribution in [0.15, 0.2) is 94.9 Å². The maximum Gasteiger partial charge on any atom is 0.144 e. The third-order valence-electron chi connectivity index (χ3n) is 7.53. The molecule has 0 fully saturated rings. The maximum absolute atomic E-state index is 6.37. The Hall–Kier alpha value is -4.37. The Labute approximate surface area is 203 Å². The fraction of sp³-hybridized carbons (Fsp3) is 0.0938. The molecule has 4 aromatic carbocycles. The van der Waals surface area contributed by atoms with E-state index in [1.807, 2.05) is 13.1 Å². The second-order valence-electron chi connectivity index (χ2n) is 9.29. The number of fused-ring (bicyclic) bond motifs is 8. The van der Waals surface area contributed by atoms with E-state index >= 15 is 0 Å². The van der Waals surface area contributed by atoms with Crippen LogP contribution in [0.5, 0.6) is 0 Å². The van der Waals surface area contributed by atoms with Gasteiger partial charge in [0.1, 0.15) is 11.3 Å². The molecule has 0 saturated heterocycles. The highest BCUT2D eigenvalue weighted by molar-refractivity contribution is 6.29. The lowest BCUT2D eigenvalue weighted by Crippen LogP contribution is -1.95. The molecule has 3 heteroatoms. The highest BCUT2D eigenvalue weighted by Gasteiger charge is 2.22. The van der Waals surface area contributed by atoms with Crippen LogP contribution < -0.4 is 0 Å². The van der Waals surface area contributed by atoms with Crippen molar-refractivity contribution in [2.45, 2.75) is 13.8 Å². The van der Waals surface area contributed by atoms with Crippen molar-refractivity contribution in [3.8, 4) is 11.1 Å². The molecular weight excluding hydrogens is 428 g/mol. The molecule has 0 aliphatic carbocycles. The van der Waals surface area contributed by atoms with Gasteiger partial charge in [-0.3, -0.25) is 4.99 Å². The number of rotatable bonds is 3. The maximum atomic E-state index is 6.37. The lowest BCUT2D eigenvalue weighted by Gasteiger charge is -2.05. The molecule has 0 radical (unpaired) electrons. The molecule has 7 rings (SSSR count). The number of allylic oxidation sites excluding steroid dienone is 1. The van der Waals surface area contributed by atoms with Gasteiger partial charge in [-0.2, -0.15) is 0 Å². The molecular formula is C32H24N2O. The van der Waals surface area contributed by atoms with Crippen molar-refractivity contribution in [1.82, 2.24) is 4.40 Å². The monoisotopic (exact) mass is 452 g/mol. The second-order valence-corrected chi connectivity index (χ2v) is 9.29. The van der Waals surface area contributed by atoms with Crippen molar-refractivity contribution < 1.29 is 4.42 Å². The number of aromatic nitrogens is 1. The Morgan fingerprint density at radius 3 is 2.37 bits per heavy atom. The SMILES string of the molecule is C=CC(=NC)c1ccc2c(c1)c1cc(-c3ccccc3)cc3c4c5oc(C)c(C)c5ccc4n2c13. The highest BCUT2D eigenvalue weighted by atomic mass is 16.3. The van der Waals surface area contributed by atoms with Gasteiger partial charge in [-0.25, -0.2) is 0 Å². The van der Waals surface area contributed by atoms with Crippen molar-refractivity contribution >= 4 is 54.8 Å². The fourth-order valence-corrected chi connectivity index (χ4v) is 5.72. The van der Waals surface area contributed by atoms with Crippen molar-refractivity contribution in [2.75, 3.05) is 7.05 Å². The zero-order valence-electron chi connectivity index (χ0n) is 20.0. The molecule has 0 aliphatic heterocycles. The Bertz CT molecular complexity index is 1980. The third kappa shape index (κ3) is 2.58. The van der Waals surface area contributed by atoms with Crippen LogP contribution in [0.25, 0.3) is 60.2 Å². The zero-order valence-corrected chi connectivity index (χ0v) is 20.0. The summed E-state index contributed by atoms with van der Waals surface area (Å²) in [6.45, 7) is 8.15. The van der Waals surface area contributed by atoms with E-state index in [2.05, 4.69) is 103 Å². The van der Waals surface area contributed by atoms with Crippen molar-refractivity contribution in [3.63, 3.8) is 0 Å². The van der Waals surface area contributed by atoms with Crippen LogP contribution in [0.4, 0.5) is 0 Å². The summed E-state index contributed by atoms with van der Waals surface area (Å²) < 4.78 is 8.77. The number of furan rings is 1. The summed E-state index contributed by atoms with van der Waals surface area (Å²) in [5, 5.41) is 6.05. The zero-order chi connectivity index (χ0) is 23.8. The van der Waals surface area contributed by atoms with Crippen LogP contribution in [-0.4, -0.2) is 17.2 Å². The normalized spacial score (nSPS) is 12.7. The Balaban J connectivity index is 1.73. The summed E-state index contributed by atoms with van der Waals surface area (Å²) >= 11 is 0. The third-order valence-corrected chi connectivity index (χ3v) is 7.53. The molecule has 0 spiro atoms. The number of hydrogen-bond acceptors (Lipinski definition) is 2. The van der Waals surface area contributed by atoms with Crippen LogP contribution in [0.3, 0.4) is 0 Å². The minimum absolute atomic E-state index is 0.896. The number of aliphatic imine (C=N–C) groups is 1. The van der Waals surface area contributed by atoms with Crippen LogP contribution in [0, 0.1) is 13.8 Å². The topological polar surface area (TPSA) is 29.9 Å². The molecule has 0 unspecified atom stereocenters. The van der Waals surface area contributed by atoms with Gasteiger partial charge in [-0.1, -0.05) is 43.0 Å². The summed E-state index contributed by atoms with van der Waals surface area (Å²) in [6, 6.07) is 26.3. The predicted molar refractivity (Wildman–Crippen MR) is 148 cm³/mol. The van der Waals surface area contributed by atoms with Crippen molar-refractivity contribution in [2.24, 2.45) is 4.99 Å². The van der Waals surface area contributed by atoms with E-state index in [0.29, 0.717) is 0 Å². The molecule has 3 aromatic heterocycles. The van der Waals surface area contributed by atoms with E-state index in [9.17, 15) is 0 Å². The molecule has 0 N–H and O–H groups in total. The number of hydrogen-bond donors (Lipinski definition) is 0. The summed E-state index contributed by atoms with van der Waals surface area (Å²) in [6.07, 6.45) is 1.82. The first-order valence-corrected chi connectivity index (χ1v) is 11.9. The molecule has 35 heavy (non-hydrogen) atoms. The lowest BCUT2D eigenvalue weighted by atomic mass is 9.98. The van der Waals surface area contributed by atoms with E-state index in [1.54, 1.807) is 0 Å². The molecule has 3 heterocycles. The predicted octanol–water partition coefficient (Wildman–Crippen LogP) is 8.47. The minimum Gasteiger partial charge on any atom is -0.460 e. The van der Waals surface area contributed by atoms with E-state index in [4.69, 9.17) is 4.42 Å². The van der Waals surface area contributed by atoms with E-state index in [-0.39, 0.29) is 0 Å². The first-order chi connectivity index (χ1) is 17.1. The summed E-state index contributed by atoms with van der Waals surface area (Å²) in [5.74, 6) is 0.978. The summed E-state index contributed by atoms with van der Waals surface area (Å²) in [4.78, 5) is 4.43. The largest absolute Gasteiger partial charge is 0.460 e. The van der Waals surface area contributed by atoms with Gasteiger partial charge in [0, 0.05) is 34.2 Å². The number of aryl methyl sites for hydroxylation is 2. The molecule has 3 nitrogen and oxygen atoms in total. The van der Waals surface area contributed by atoms with Gasteiger partial charge in [0.15, 0.2) is 0 Å². The average molecular weight is 453 g/mol. The van der Waals surface area contributed by atoms with Gasteiger partial charge in [-0.15, -0.1) is 0 Å². The van der Waals surface area contributed by atoms with Gasteiger partial charge in [0.2, 0.25) is 0 Å². The van der Waals surface area contributed by atoms with Gasteiger partial charge in [0.25, 0.3) is 0 Å². The summed E-state index contributed by atoms with van der Waals surface area (Å²) in [7, 11) is 1.81. The Morgan fingerprint density at radius 1 is 0.829 bits per heavy atom. The molecule has 7 aromatic rings. The first kappa shape index (κ1) is 20.0. The lowest BCUT2D eigenvalue weighted by molar-refractivity contribution is 0.578. The second kappa shape index (κ2) is 7.07.